The molecule has 2 aromatic rings. The van der Waals surface area contributed by atoms with E-state index in [9.17, 15) is 0 Å². The number of anilines is 2. The summed E-state index contributed by atoms with van der Waals surface area (Å²) in [6.07, 6.45) is 3.62. The molecule has 2 heterocycles. The van der Waals surface area contributed by atoms with Crippen molar-refractivity contribution in [2.24, 2.45) is 0 Å². The molecule has 0 atom stereocenters. The van der Waals surface area contributed by atoms with Crippen molar-refractivity contribution in [3.63, 3.8) is 0 Å². The van der Waals surface area contributed by atoms with Crippen LogP contribution in [0.2, 0.25) is 0 Å². The SMILES string of the molecule is CN1CCN(Cc2cnc[nH]2)c2ccccc21. The number of benzene rings is 1. The molecule has 1 N–H and O–H groups in total. The maximum absolute atomic E-state index is 4.07. The molecule has 0 radical (unpaired) electrons. The number of hydrogen-bond acceptors (Lipinski definition) is 3. The van der Waals surface area contributed by atoms with Gasteiger partial charge >= 0.3 is 0 Å². The summed E-state index contributed by atoms with van der Waals surface area (Å²) in [5.41, 5.74) is 3.76. The number of nitrogens with zero attached hydrogens (tertiary/aromatic N) is 3. The molecule has 1 aromatic carbocycles. The molecule has 1 aliphatic rings. The lowest BCUT2D eigenvalue weighted by atomic mass is 10.1. The molecule has 0 saturated heterocycles. The number of aromatic nitrogens is 2. The molecule has 17 heavy (non-hydrogen) atoms. The number of rotatable bonds is 2. The quantitative estimate of drug-likeness (QED) is 0.852. The fraction of sp³-hybridized carbons (Fsp3) is 0.308. The summed E-state index contributed by atoms with van der Waals surface area (Å²) in [6.45, 7) is 3.00. The van der Waals surface area contributed by atoms with E-state index in [0.29, 0.717) is 0 Å². The highest BCUT2D eigenvalue weighted by atomic mass is 15.3. The first-order chi connectivity index (χ1) is 8.34. The van der Waals surface area contributed by atoms with Crippen LogP contribution in [0.1, 0.15) is 5.69 Å². The standard InChI is InChI=1S/C13H16N4/c1-16-6-7-17(9-11-8-14-10-15-11)13-5-3-2-4-12(13)16/h2-5,8,10H,6-7,9H2,1H3,(H,14,15). The summed E-state index contributed by atoms with van der Waals surface area (Å²) in [6, 6.07) is 8.54. The summed E-state index contributed by atoms with van der Waals surface area (Å²) < 4.78 is 0. The smallest absolute Gasteiger partial charge is 0.0922 e. The minimum Gasteiger partial charge on any atom is -0.371 e. The Morgan fingerprint density at radius 1 is 1.24 bits per heavy atom. The third-order valence-corrected chi connectivity index (χ3v) is 3.26. The topological polar surface area (TPSA) is 35.2 Å². The Labute approximate surface area is 101 Å². The lowest BCUT2D eigenvalue weighted by molar-refractivity contribution is 0.727. The first kappa shape index (κ1) is 10.2. The predicted octanol–water partition coefficient (Wildman–Crippen LogP) is 1.87. The highest BCUT2D eigenvalue weighted by molar-refractivity contribution is 5.72. The van der Waals surface area contributed by atoms with E-state index in [1.807, 2.05) is 6.20 Å². The molecular weight excluding hydrogens is 212 g/mol. The van der Waals surface area contributed by atoms with Crippen LogP contribution < -0.4 is 9.80 Å². The molecule has 0 amide bonds. The predicted molar refractivity (Wildman–Crippen MR) is 69.3 cm³/mol. The van der Waals surface area contributed by atoms with Crippen molar-refractivity contribution < 1.29 is 0 Å². The molecule has 0 aliphatic carbocycles. The van der Waals surface area contributed by atoms with Gasteiger partial charge in [-0.2, -0.15) is 0 Å². The second-order valence-electron chi connectivity index (χ2n) is 4.41. The number of imidazole rings is 1. The monoisotopic (exact) mass is 228 g/mol. The van der Waals surface area contributed by atoms with Crippen LogP contribution in [0, 0.1) is 0 Å². The Hall–Kier alpha value is -1.97. The van der Waals surface area contributed by atoms with Gasteiger partial charge in [-0.3, -0.25) is 0 Å². The van der Waals surface area contributed by atoms with Crippen molar-refractivity contribution in [3.05, 3.63) is 42.5 Å². The lowest BCUT2D eigenvalue weighted by Gasteiger charge is -2.36. The third-order valence-electron chi connectivity index (χ3n) is 3.26. The van der Waals surface area contributed by atoms with Gasteiger partial charge in [0.05, 0.1) is 29.9 Å². The Balaban J connectivity index is 1.90. The molecule has 3 rings (SSSR count). The minimum atomic E-state index is 0.894. The number of hydrogen-bond donors (Lipinski definition) is 1. The Morgan fingerprint density at radius 3 is 2.82 bits per heavy atom. The van der Waals surface area contributed by atoms with Crippen LogP contribution in [0.4, 0.5) is 11.4 Å². The zero-order valence-corrected chi connectivity index (χ0v) is 9.93. The number of fused-ring (bicyclic) bond motifs is 1. The second kappa shape index (κ2) is 4.13. The van der Waals surface area contributed by atoms with Gasteiger partial charge in [0.1, 0.15) is 0 Å². The Morgan fingerprint density at radius 2 is 2.06 bits per heavy atom. The molecule has 0 unspecified atom stereocenters. The van der Waals surface area contributed by atoms with E-state index < -0.39 is 0 Å². The van der Waals surface area contributed by atoms with Crippen molar-refractivity contribution in [3.8, 4) is 0 Å². The molecule has 1 aromatic heterocycles. The maximum Gasteiger partial charge on any atom is 0.0922 e. The van der Waals surface area contributed by atoms with E-state index in [4.69, 9.17) is 0 Å². The van der Waals surface area contributed by atoms with Crippen molar-refractivity contribution in [1.82, 2.24) is 9.97 Å². The van der Waals surface area contributed by atoms with Crippen LogP contribution >= 0.6 is 0 Å². The molecule has 4 nitrogen and oxygen atoms in total. The molecule has 88 valence electrons. The van der Waals surface area contributed by atoms with Crippen LogP contribution in [0.25, 0.3) is 0 Å². The average molecular weight is 228 g/mol. The van der Waals surface area contributed by atoms with E-state index in [1.54, 1.807) is 6.33 Å². The Kier molecular flexibility index (Phi) is 2.48. The zero-order chi connectivity index (χ0) is 11.7. The normalized spacial score (nSPS) is 14.9. The van der Waals surface area contributed by atoms with Crippen LogP contribution in [0.5, 0.6) is 0 Å². The summed E-state index contributed by atoms with van der Waals surface area (Å²) in [5.74, 6) is 0. The van der Waals surface area contributed by atoms with Crippen molar-refractivity contribution in [2.75, 3.05) is 29.9 Å². The lowest BCUT2D eigenvalue weighted by Crippen LogP contribution is -2.38. The average Bonchev–Trinajstić information content (AvgIpc) is 2.86. The molecule has 0 spiro atoms. The van der Waals surface area contributed by atoms with E-state index in [1.165, 1.54) is 11.4 Å². The Bertz CT molecular complexity index is 492. The number of aromatic amines is 1. The molecule has 0 saturated carbocycles. The first-order valence-electron chi connectivity index (χ1n) is 5.87. The molecule has 0 bridgehead atoms. The highest BCUT2D eigenvalue weighted by Crippen LogP contribution is 2.32. The number of H-pyrrole nitrogens is 1. The molecule has 1 aliphatic heterocycles. The van der Waals surface area contributed by atoms with E-state index >= 15 is 0 Å². The molecular formula is C13H16N4. The maximum atomic E-state index is 4.07. The van der Waals surface area contributed by atoms with Crippen LogP contribution in [0.3, 0.4) is 0 Å². The van der Waals surface area contributed by atoms with Gasteiger partial charge in [0.2, 0.25) is 0 Å². The number of likely N-dealkylation sites (N-methyl/N-ethyl adjacent to an activating group) is 1. The fourth-order valence-electron chi connectivity index (χ4n) is 2.31. The van der Waals surface area contributed by atoms with Gasteiger partial charge in [0.25, 0.3) is 0 Å². The van der Waals surface area contributed by atoms with Crippen molar-refractivity contribution in [2.45, 2.75) is 6.54 Å². The zero-order valence-electron chi connectivity index (χ0n) is 9.93. The fourth-order valence-corrected chi connectivity index (χ4v) is 2.31. The van der Waals surface area contributed by atoms with E-state index in [-0.39, 0.29) is 0 Å². The highest BCUT2D eigenvalue weighted by Gasteiger charge is 2.19. The van der Waals surface area contributed by atoms with Gasteiger partial charge in [-0.15, -0.1) is 0 Å². The van der Waals surface area contributed by atoms with Crippen LogP contribution in [-0.2, 0) is 6.54 Å². The van der Waals surface area contributed by atoms with Crippen molar-refractivity contribution >= 4 is 11.4 Å². The third kappa shape index (κ3) is 1.86. The van der Waals surface area contributed by atoms with Gasteiger partial charge in [0, 0.05) is 26.3 Å². The number of para-hydroxylation sites is 2. The van der Waals surface area contributed by atoms with Crippen LogP contribution in [-0.4, -0.2) is 30.1 Å². The van der Waals surface area contributed by atoms with Gasteiger partial charge in [-0.25, -0.2) is 4.98 Å². The molecule has 4 heteroatoms. The van der Waals surface area contributed by atoms with Crippen molar-refractivity contribution in [1.29, 1.82) is 0 Å². The number of nitrogens with one attached hydrogen (secondary N) is 1. The second-order valence-corrected chi connectivity index (χ2v) is 4.41. The summed E-state index contributed by atoms with van der Waals surface area (Å²) in [5, 5.41) is 0. The minimum absolute atomic E-state index is 0.894. The largest absolute Gasteiger partial charge is 0.371 e. The van der Waals surface area contributed by atoms with Crippen LogP contribution in [0.15, 0.2) is 36.8 Å². The molecule has 0 fully saturated rings. The first-order valence-corrected chi connectivity index (χ1v) is 5.87. The van der Waals surface area contributed by atoms with Gasteiger partial charge in [-0.1, -0.05) is 12.1 Å². The van der Waals surface area contributed by atoms with Gasteiger partial charge < -0.3 is 14.8 Å². The van der Waals surface area contributed by atoms with Gasteiger partial charge in [0.15, 0.2) is 0 Å². The van der Waals surface area contributed by atoms with Gasteiger partial charge in [-0.05, 0) is 12.1 Å². The summed E-state index contributed by atoms with van der Waals surface area (Å²) >= 11 is 0. The summed E-state index contributed by atoms with van der Waals surface area (Å²) in [4.78, 5) is 11.9. The van der Waals surface area contributed by atoms with E-state index in [0.717, 1.165) is 25.3 Å². The van der Waals surface area contributed by atoms with E-state index in [2.05, 4.69) is 51.1 Å². The summed E-state index contributed by atoms with van der Waals surface area (Å²) in [7, 11) is 2.15.